The van der Waals surface area contributed by atoms with Gasteiger partial charge in [0.1, 0.15) is 0 Å². The van der Waals surface area contributed by atoms with Gasteiger partial charge in [-0.3, -0.25) is 0 Å². The second-order valence-corrected chi connectivity index (χ2v) is 5.06. The highest BCUT2D eigenvalue weighted by Gasteiger charge is 2.07. The predicted molar refractivity (Wildman–Crippen MR) is 82.9 cm³/mol. The van der Waals surface area contributed by atoms with Crippen molar-refractivity contribution in [1.29, 1.82) is 0 Å². The van der Waals surface area contributed by atoms with Crippen molar-refractivity contribution < 1.29 is 4.79 Å². The molecule has 2 N–H and O–H groups in total. The highest BCUT2D eigenvalue weighted by Crippen LogP contribution is 2.08. The summed E-state index contributed by atoms with van der Waals surface area (Å²) < 4.78 is 0. The minimum Gasteiger partial charge on any atom is -0.335 e. The van der Waals surface area contributed by atoms with Crippen LogP contribution in [0.4, 0.5) is 10.5 Å². The Labute approximate surface area is 120 Å². The summed E-state index contributed by atoms with van der Waals surface area (Å²) in [4.78, 5) is 11.9. The summed E-state index contributed by atoms with van der Waals surface area (Å²) in [5.74, 6) is 0. The lowest BCUT2D eigenvalue weighted by Gasteiger charge is -2.14. The smallest absolute Gasteiger partial charge is 0.319 e. The first kappa shape index (κ1) is 14.1. The minimum absolute atomic E-state index is 0.0860. The summed E-state index contributed by atoms with van der Waals surface area (Å²) in [5.41, 5.74) is 3.20. The van der Waals surface area contributed by atoms with Crippen LogP contribution in [0.1, 0.15) is 18.1 Å². The fourth-order valence-electron chi connectivity index (χ4n) is 2.05. The van der Waals surface area contributed by atoms with Crippen LogP contribution >= 0.6 is 0 Å². The lowest BCUT2D eigenvalue weighted by Crippen LogP contribution is -2.37. The van der Waals surface area contributed by atoms with Gasteiger partial charge in [0.05, 0.1) is 0 Å². The van der Waals surface area contributed by atoms with Gasteiger partial charge in [0, 0.05) is 11.7 Å². The molecule has 0 radical (unpaired) electrons. The largest absolute Gasteiger partial charge is 0.335 e. The number of carbonyl (C=O) groups excluding carboxylic acids is 1. The number of hydrogen-bond donors (Lipinski definition) is 2. The second-order valence-electron chi connectivity index (χ2n) is 5.06. The van der Waals surface area contributed by atoms with Crippen LogP contribution in [-0.2, 0) is 6.42 Å². The van der Waals surface area contributed by atoms with E-state index in [9.17, 15) is 4.79 Å². The van der Waals surface area contributed by atoms with E-state index >= 15 is 0 Å². The molecule has 0 saturated carbocycles. The average Bonchev–Trinajstić information content (AvgIpc) is 2.42. The molecule has 0 aliphatic carbocycles. The van der Waals surface area contributed by atoms with E-state index < -0.39 is 0 Å². The molecule has 3 nitrogen and oxygen atoms in total. The number of anilines is 1. The number of benzene rings is 2. The molecule has 0 aromatic heterocycles. The topological polar surface area (TPSA) is 41.1 Å². The van der Waals surface area contributed by atoms with Crippen LogP contribution in [0.3, 0.4) is 0 Å². The van der Waals surface area contributed by atoms with E-state index in [2.05, 4.69) is 22.8 Å². The zero-order chi connectivity index (χ0) is 14.4. The first-order valence-electron chi connectivity index (χ1n) is 6.81. The van der Waals surface area contributed by atoms with E-state index in [0.717, 1.165) is 12.1 Å². The molecule has 2 aromatic rings. The molecule has 0 aliphatic rings. The van der Waals surface area contributed by atoms with Crippen LogP contribution in [0.2, 0.25) is 0 Å². The van der Waals surface area contributed by atoms with Gasteiger partial charge in [-0.15, -0.1) is 0 Å². The van der Waals surface area contributed by atoms with Crippen LogP contribution < -0.4 is 10.6 Å². The molecular formula is C17H20N2O. The first-order chi connectivity index (χ1) is 9.63. The molecule has 0 bridgehead atoms. The third-order valence-corrected chi connectivity index (χ3v) is 3.07. The number of nitrogens with one attached hydrogen (secondary N) is 2. The van der Waals surface area contributed by atoms with Crippen molar-refractivity contribution in [3.8, 4) is 0 Å². The molecule has 0 unspecified atom stereocenters. The zero-order valence-electron chi connectivity index (χ0n) is 11.9. The van der Waals surface area contributed by atoms with Crippen molar-refractivity contribution in [2.24, 2.45) is 0 Å². The lowest BCUT2D eigenvalue weighted by molar-refractivity contribution is 0.249. The Morgan fingerprint density at radius 1 is 1.05 bits per heavy atom. The maximum Gasteiger partial charge on any atom is 0.319 e. The van der Waals surface area contributed by atoms with Crippen molar-refractivity contribution in [1.82, 2.24) is 5.32 Å². The van der Waals surface area contributed by atoms with E-state index in [4.69, 9.17) is 0 Å². The molecule has 20 heavy (non-hydrogen) atoms. The SMILES string of the molecule is Cc1ccc(NC(=O)N[C@@H](C)Cc2ccccc2)cc1. The van der Waals surface area contributed by atoms with Gasteiger partial charge in [0.15, 0.2) is 0 Å². The molecule has 1 atom stereocenters. The van der Waals surface area contributed by atoms with E-state index in [0.29, 0.717) is 0 Å². The Hall–Kier alpha value is -2.29. The standard InChI is InChI=1S/C17H20N2O/c1-13-8-10-16(11-9-13)19-17(20)18-14(2)12-15-6-4-3-5-7-15/h3-11,14H,12H2,1-2H3,(H2,18,19,20)/t14-/m0/s1. The Morgan fingerprint density at radius 3 is 2.35 bits per heavy atom. The molecule has 0 heterocycles. The van der Waals surface area contributed by atoms with Gasteiger partial charge in [-0.1, -0.05) is 48.0 Å². The van der Waals surface area contributed by atoms with Gasteiger partial charge in [0.25, 0.3) is 0 Å². The second kappa shape index (κ2) is 6.75. The van der Waals surface area contributed by atoms with Crippen LogP contribution in [-0.4, -0.2) is 12.1 Å². The van der Waals surface area contributed by atoms with Crippen LogP contribution in [0.15, 0.2) is 54.6 Å². The average molecular weight is 268 g/mol. The minimum atomic E-state index is -0.169. The first-order valence-corrected chi connectivity index (χ1v) is 6.81. The van der Waals surface area contributed by atoms with Gasteiger partial charge in [-0.05, 0) is 38.0 Å². The molecule has 0 spiro atoms. The number of amides is 2. The van der Waals surface area contributed by atoms with Gasteiger partial charge in [-0.2, -0.15) is 0 Å². The van der Waals surface area contributed by atoms with Crippen LogP contribution in [0, 0.1) is 6.92 Å². The summed E-state index contributed by atoms with van der Waals surface area (Å²) >= 11 is 0. The zero-order valence-corrected chi connectivity index (χ0v) is 11.9. The molecule has 104 valence electrons. The number of urea groups is 1. The molecular weight excluding hydrogens is 248 g/mol. The number of hydrogen-bond acceptors (Lipinski definition) is 1. The van der Waals surface area contributed by atoms with Crippen LogP contribution in [0.5, 0.6) is 0 Å². The molecule has 0 aliphatic heterocycles. The van der Waals surface area contributed by atoms with Crippen molar-refractivity contribution in [3.05, 3.63) is 65.7 Å². The molecule has 2 rings (SSSR count). The Balaban J connectivity index is 1.83. The molecule has 3 heteroatoms. The third kappa shape index (κ3) is 4.43. The van der Waals surface area contributed by atoms with Crippen molar-refractivity contribution >= 4 is 11.7 Å². The fraction of sp³-hybridized carbons (Fsp3) is 0.235. The summed E-state index contributed by atoms with van der Waals surface area (Å²) in [6.07, 6.45) is 0.822. The van der Waals surface area contributed by atoms with E-state index in [-0.39, 0.29) is 12.1 Å². The van der Waals surface area contributed by atoms with Crippen molar-refractivity contribution in [2.75, 3.05) is 5.32 Å². The maximum absolute atomic E-state index is 11.9. The van der Waals surface area contributed by atoms with Gasteiger partial charge in [0.2, 0.25) is 0 Å². The summed E-state index contributed by atoms with van der Waals surface area (Å²) in [6.45, 7) is 4.02. The van der Waals surface area contributed by atoms with E-state index in [1.165, 1.54) is 11.1 Å². The summed E-state index contributed by atoms with van der Waals surface area (Å²) in [6, 6.07) is 17.8. The van der Waals surface area contributed by atoms with Gasteiger partial charge >= 0.3 is 6.03 Å². The Kier molecular flexibility index (Phi) is 4.77. The monoisotopic (exact) mass is 268 g/mol. The highest BCUT2D eigenvalue weighted by atomic mass is 16.2. The summed E-state index contributed by atoms with van der Waals surface area (Å²) in [5, 5.41) is 5.78. The van der Waals surface area contributed by atoms with Gasteiger partial charge < -0.3 is 10.6 Å². The Bertz CT molecular complexity index is 549. The molecule has 2 aromatic carbocycles. The highest BCUT2D eigenvalue weighted by molar-refractivity contribution is 5.89. The molecule has 0 saturated heterocycles. The number of rotatable bonds is 4. The van der Waals surface area contributed by atoms with Crippen LogP contribution in [0.25, 0.3) is 0 Å². The predicted octanol–water partition coefficient (Wildman–Crippen LogP) is 3.75. The van der Waals surface area contributed by atoms with E-state index in [1.54, 1.807) is 0 Å². The third-order valence-electron chi connectivity index (χ3n) is 3.07. The lowest BCUT2D eigenvalue weighted by atomic mass is 10.1. The summed E-state index contributed by atoms with van der Waals surface area (Å²) in [7, 11) is 0. The van der Waals surface area contributed by atoms with Crippen molar-refractivity contribution in [2.45, 2.75) is 26.3 Å². The maximum atomic E-state index is 11.9. The van der Waals surface area contributed by atoms with Gasteiger partial charge in [-0.25, -0.2) is 4.79 Å². The Morgan fingerprint density at radius 2 is 1.70 bits per heavy atom. The molecule has 2 amide bonds. The quantitative estimate of drug-likeness (QED) is 0.871. The fourth-order valence-corrected chi connectivity index (χ4v) is 2.05. The van der Waals surface area contributed by atoms with Crippen molar-refractivity contribution in [3.63, 3.8) is 0 Å². The van der Waals surface area contributed by atoms with E-state index in [1.807, 2.05) is 56.3 Å². The normalized spacial score (nSPS) is 11.7. The molecule has 0 fully saturated rings. The number of carbonyl (C=O) groups is 1. The number of aryl methyl sites for hydroxylation is 1.